The first kappa shape index (κ1) is 21.2. The molecule has 1 amide bonds. The molecule has 0 bridgehead atoms. The topological polar surface area (TPSA) is 55.6 Å². The summed E-state index contributed by atoms with van der Waals surface area (Å²) in [4.78, 5) is 20.3. The van der Waals surface area contributed by atoms with Gasteiger partial charge in [-0.25, -0.2) is 4.98 Å². The number of carbonyl (C=O) groups excluding carboxylic acids is 1. The summed E-state index contributed by atoms with van der Waals surface area (Å²) in [5.74, 6) is 0.668. The number of aryl methyl sites for hydroxylation is 2. The highest BCUT2D eigenvalue weighted by Gasteiger charge is 2.26. The maximum Gasteiger partial charge on any atom is 0.296 e. The van der Waals surface area contributed by atoms with Gasteiger partial charge in [0.05, 0.1) is 23.4 Å². The predicted molar refractivity (Wildman–Crippen MR) is 133 cm³/mol. The zero-order valence-corrected chi connectivity index (χ0v) is 19.6. The van der Waals surface area contributed by atoms with Crippen molar-refractivity contribution in [1.82, 2.24) is 4.98 Å². The molecule has 0 saturated carbocycles. The Kier molecular flexibility index (Phi) is 5.60. The van der Waals surface area contributed by atoms with Gasteiger partial charge in [0.25, 0.3) is 5.91 Å². The first-order valence-corrected chi connectivity index (χ1v) is 11.7. The third-order valence-electron chi connectivity index (χ3n) is 5.50. The highest BCUT2D eigenvalue weighted by atomic mass is 32.1. The number of amides is 1. The van der Waals surface area contributed by atoms with Crippen molar-refractivity contribution in [3.05, 3.63) is 89.2 Å². The van der Waals surface area contributed by atoms with E-state index in [-0.39, 0.29) is 11.7 Å². The van der Waals surface area contributed by atoms with Crippen molar-refractivity contribution in [3.63, 3.8) is 0 Å². The number of hydrogen-bond donors (Lipinski definition) is 0. The molecule has 0 N–H and O–H groups in total. The van der Waals surface area contributed by atoms with Gasteiger partial charge < -0.3 is 9.15 Å². The van der Waals surface area contributed by atoms with Crippen LogP contribution in [0.5, 0.6) is 5.75 Å². The Bertz CT molecular complexity index is 1450. The fourth-order valence-electron chi connectivity index (χ4n) is 4.01. The summed E-state index contributed by atoms with van der Waals surface area (Å²) in [6.45, 7) is 6.96. The lowest BCUT2D eigenvalue weighted by Gasteiger charge is -2.18. The van der Waals surface area contributed by atoms with Crippen LogP contribution in [0.25, 0.3) is 21.2 Å². The lowest BCUT2D eigenvalue weighted by molar-refractivity contribution is 0.0960. The van der Waals surface area contributed by atoms with E-state index in [1.165, 1.54) is 16.9 Å². The minimum atomic E-state index is -0.231. The van der Waals surface area contributed by atoms with E-state index in [9.17, 15) is 4.79 Å². The molecule has 5 nitrogen and oxygen atoms in total. The van der Waals surface area contributed by atoms with Crippen LogP contribution < -0.4 is 9.64 Å². The van der Waals surface area contributed by atoms with E-state index < -0.39 is 0 Å². The highest BCUT2D eigenvalue weighted by Crippen LogP contribution is 2.35. The van der Waals surface area contributed by atoms with E-state index in [4.69, 9.17) is 14.1 Å². The van der Waals surface area contributed by atoms with Crippen molar-refractivity contribution >= 4 is 43.6 Å². The van der Waals surface area contributed by atoms with Crippen LogP contribution in [0.15, 0.2) is 71.1 Å². The molecule has 0 spiro atoms. The second-order valence-electron chi connectivity index (χ2n) is 8.02. The van der Waals surface area contributed by atoms with Crippen LogP contribution in [0.3, 0.4) is 0 Å². The zero-order valence-electron chi connectivity index (χ0n) is 18.8. The Balaban J connectivity index is 1.60. The Morgan fingerprint density at radius 3 is 2.67 bits per heavy atom. The molecular weight excluding hydrogens is 432 g/mol. The summed E-state index contributed by atoms with van der Waals surface area (Å²) in [6, 6.07) is 21.6. The Hall–Kier alpha value is -3.64. The monoisotopic (exact) mass is 456 g/mol. The fourth-order valence-corrected chi connectivity index (χ4v) is 5.15. The molecule has 0 fully saturated rings. The van der Waals surface area contributed by atoms with E-state index in [1.807, 2.05) is 55.5 Å². The zero-order chi connectivity index (χ0) is 22.9. The molecule has 5 rings (SSSR count). The number of fused-ring (bicyclic) bond motifs is 2. The molecule has 0 aliphatic carbocycles. The molecule has 0 atom stereocenters. The van der Waals surface area contributed by atoms with E-state index in [1.54, 1.807) is 11.0 Å². The van der Waals surface area contributed by atoms with Gasteiger partial charge in [-0.15, -0.1) is 0 Å². The minimum absolute atomic E-state index is 0.231. The number of thiazole rings is 1. The van der Waals surface area contributed by atoms with Gasteiger partial charge in [-0.2, -0.15) is 0 Å². The summed E-state index contributed by atoms with van der Waals surface area (Å²) < 4.78 is 12.8. The largest absolute Gasteiger partial charge is 0.490 e. The number of para-hydroxylation sites is 1. The van der Waals surface area contributed by atoms with Gasteiger partial charge in [0.1, 0.15) is 0 Å². The van der Waals surface area contributed by atoms with Crippen LogP contribution in [0.2, 0.25) is 0 Å². The molecular formula is C27H24N2O3S. The number of aromatic nitrogens is 1. The molecule has 0 aliphatic rings. The van der Waals surface area contributed by atoms with Gasteiger partial charge in [-0.3, -0.25) is 9.69 Å². The third-order valence-corrected chi connectivity index (χ3v) is 6.52. The van der Waals surface area contributed by atoms with Crippen molar-refractivity contribution in [1.29, 1.82) is 0 Å². The number of anilines is 1. The molecule has 0 radical (unpaired) electrons. The Morgan fingerprint density at radius 1 is 1.06 bits per heavy atom. The smallest absolute Gasteiger partial charge is 0.296 e. The maximum absolute atomic E-state index is 13.8. The molecule has 33 heavy (non-hydrogen) atoms. The minimum Gasteiger partial charge on any atom is -0.490 e. The van der Waals surface area contributed by atoms with Gasteiger partial charge in [0.2, 0.25) is 0 Å². The Labute approximate surface area is 196 Å². The predicted octanol–water partition coefficient (Wildman–Crippen LogP) is 6.91. The molecule has 166 valence electrons. The first-order chi connectivity index (χ1) is 16.0. The lowest BCUT2D eigenvalue weighted by Crippen LogP contribution is -2.30. The Morgan fingerprint density at radius 2 is 1.88 bits per heavy atom. The summed E-state index contributed by atoms with van der Waals surface area (Å²) in [5.41, 5.74) is 4.80. The highest BCUT2D eigenvalue weighted by molar-refractivity contribution is 7.22. The van der Waals surface area contributed by atoms with Gasteiger partial charge in [0, 0.05) is 5.39 Å². The molecule has 0 unspecified atom stereocenters. The van der Waals surface area contributed by atoms with Gasteiger partial charge in [-0.05, 0) is 55.7 Å². The van der Waals surface area contributed by atoms with Crippen LogP contribution in [0.1, 0.15) is 34.2 Å². The SMILES string of the molecule is CCOc1cccc2cc(C(=O)N(Cc3ccccc3)c3nc4c(C)cc(C)cc4s3)oc12. The van der Waals surface area contributed by atoms with E-state index >= 15 is 0 Å². The third kappa shape index (κ3) is 4.10. The van der Waals surface area contributed by atoms with Gasteiger partial charge in [0.15, 0.2) is 22.2 Å². The normalized spacial score (nSPS) is 11.2. The summed E-state index contributed by atoms with van der Waals surface area (Å²) >= 11 is 1.52. The van der Waals surface area contributed by atoms with Gasteiger partial charge in [-0.1, -0.05) is 59.9 Å². The quantitative estimate of drug-likeness (QED) is 0.279. The van der Waals surface area contributed by atoms with Crippen molar-refractivity contribution in [2.45, 2.75) is 27.3 Å². The molecule has 6 heteroatoms. The lowest BCUT2D eigenvalue weighted by atomic mass is 10.1. The average molecular weight is 457 g/mol. The van der Waals surface area contributed by atoms with E-state index in [0.29, 0.717) is 29.6 Å². The fraction of sp³-hybridized carbons (Fsp3) is 0.185. The number of rotatable bonds is 6. The number of benzene rings is 3. The van der Waals surface area contributed by atoms with Crippen LogP contribution >= 0.6 is 11.3 Å². The maximum atomic E-state index is 13.8. The van der Waals surface area contributed by atoms with Crippen LogP contribution in [-0.2, 0) is 6.54 Å². The first-order valence-electron chi connectivity index (χ1n) is 10.9. The molecule has 5 aromatic rings. The molecule has 0 aliphatic heterocycles. The van der Waals surface area contributed by atoms with Crippen molar-refractivity contribution in [3.8, 4) is 5.75 Å². The van der Waals surface area contributed by atoms with Crippen LogP contribution in [-0.4, -0.2) is 17.5 Å². The van der Waals surface area contributed by atoms with Crippen molar-refractivity contribution in [2.75, 3.05) is 11.5 Å². The second kappa shape index (κ2) is 8.71. The van der Waals surface area contributed by atoms with Crippen LogP contribution in [0, 0.1) is 13.8 Å². The van der Waals surface area contributed by atoms with Crippen LogP contribution in [0.4, 0.5) is 5.13 Å². The summed E-state index contributed by atoms with van der Waals surface area (Å²) in [7, 11) is 0. The molecule has 2 aromatic heterocycles. The summed E-state index contributed by atoms with van der Waals surface area (Å²) in [5, 5.41) is 1.48. The number of nitrogens with zero attached hydrogens (tertiary/aromatic N) is 2. The second-order valence-corrected chi connectivity index (χ2v) is 9.03. The van der Waals surface area contributed by atoms with Crippen molar-refractivity contribution < 1.29 is 13.9 Å². The number of ether oxygens (including phenoxy) is 1. The molecule has 2 heterocycles. The number of hydrogen-bond acceptors (Lipinski definition) is 5. The average Bonchev–Trinajstić information content (AvgIpc) is 3.43. The van der Waals surface area contributed by atoms with Crippen molar-refractivity contribution in [2.24, 2.45) is 0 Å². The number of furan rings is 1. The van der Waals surface area contributed by atoms with Gasteiger partial charge >= 0.3 is 0 Å². The summed E-state index contributed by atoms with van der Waals surface area (Å²) in [6.07, 6.45) is 0. The van der Waals surface area contributed by atoms with E-state index in [2.05, 4.69) is 26.0 Å². The van der Waals surface area contributed by atoms with E-state index in [0.717, 1.165) is 26.7 Å². The molecule has 0 saturated heterocycles. The standard InChI is InChI=1S/C27H24N2O3S/c1-4-31-21-12-8-11-20-15-22(32-25(20)21)26(30)29(16-19-9-6-5-7-10-19)27-28-24-18(3)13-17(2)14-23(24)33-27/h5-15H,4,16H2,1-3H3. The molecule has 3 aromatic carbocycles. The number of carbonyl (C=O) groups is 1.